The molecule has 1 aliphatic rings. The molecule has 102 valence electrons. The number of carboxylic acid groups (broad SMARTS) is 1. The number of benzene rings is 1. The average molecular weight is 263 g/mol. The Bertz CT molecular complexity index is 460. The molecule has 1 saturated heterocycles. The molecule has 0 spiro atoms. The third kappa shape index (κ3) is 3.05. The van der Waals surface area contributed by atoms with Gasteiger partial charge < -0.3 is 9.84 Å². The van der Waals surface area contributed by atoms with Gasteiger partial charge in [0.15, 0.2) is 0 Å². The van der Waals surface area contributed by atoms with Crippen molar-refractivity contribution in [3.05, 3.63) is 35.9 Å². The van der Waals surface area contributed by atoms with Crippen molar-refractivity contribution in [1.82, 2.24) is 4.90 Å². The van der Waals surface area contributed by atoms with E-state index in [0.717, 1.165) is 5.56 Å². The molecule has 1 aromatic carbocycles. The van der Waals surface area contributed by atoms with Crippen LogP contribution in [0.5, 0.6) is 0 Å². The number of ether oxygens (including phenoxy) is 1. The van der Waals surface area contributed by atoms with E-state index in [9.17, 15) is 9.59 Å². The molecule has 5 heteroatoms. The number of amides is 1. The monoisotopic (exact) mass is 263 g/mol. The Hall–Kier alpha value is -2.04. The lowest BCUT2D eigenvalue weighted by Gasteiger charge is -2.22. The van der Waals surface area contributed by atoms with Crippen LogP contribution in [0.3, 0.4) is 0 Å². The molecule has 1 amide bonds. The summed E-state index contributed by atoms with van der Waals surface area (Å²) in [6.07, 6.45) is 0.137. The first kappa shape index (κ1) is 13.4. The SMILES string of the molecule is C[C@@H]1CCN(C(=O)OCc2ccccc2)[C@@H]1C(=O)O. The Morgan fingerprint density at radius 2 is 2.05 bits per heavy atom. The largest absolute Gasteiger partial charge is 0.480 e. The highest BCUT2D eigenvalue weighted by Gasteiger charge is 2.40. The van der Waals surface area contributed by atoms with Gasteiger partial charge in [-0.25, -0.2) is 9.59 Å². The molecule has 0 radical (unpaired) electrons. The summed E-state index contributed by atoms with van der Waals surface area (Å²) in [6.45, 7) is 2.44. The number of aliphatic carboxylic acids is 1. The van der Waals surface area contributed by atoms with E-state index in [0.29, 0.717) is 13.0 Å². The van der Waals surface area contributed by atoms with Gasteiger partial charge in [0.05, 0.1) is 0 Å². The highest BCUT2D eigenvalue weighted by atomic mass is 16.6. The van der Waals surface area contributed by atoms with Crippen LogP contribution in [0.4, 0.5) is 4.79 Å². The Morgan fingerprint density at radius 3 is 2.68 bits per heavy atom. The fourth-order valence-electron chi connectivity index (χ4n) is 2.33. The van der Waals surface area contributed by atoms with Gasteiger partial charge in [0.2, 0.25) is 0 Å². The highest BCUT2D eigenvalue weighted by Crippen LogP contribution is 2.25. The van der Waals surface area contributed by atoms with Crippen LogP contribution < -0.4 is 0 Å². The van der Waals surface area contributed by atoms with Crippen molar-refractivity contribution in [1.29, 1.82) is 0 Å². The molecule has 1 aliphatic heterocycles. The summed E-state index contributed by atoms with van der Waals surface area (Å²) in [7, 11) is 0. The second-order valence-electron chi connectivity index (χ2n) is 4.78. The summed E-state index contributed by atoms with van der Waals surface area (Å²) in [4.78, 5) is 24.4. The lowest BCUT2D eigenvalue weighted by molar-refractivity contribution is -0.142. The fourth-order valence-corrected chi connectivity index (χ4v) is 2.33. The van der Waals surface area contributed by atoms with Crippen molar-refractivity contribution in [2.24, 2.45) is 5.92 Å². The van der Waals surface area contributed by atoms with Crippen LogP contribution in [-0.4, -0.2) is 34.7 Å². The summed E-state index contributed by atoms with van der Waals surface area (Å²) in [5.74, 6) is -1.01. The zero-order valence-corrected chi connectivity index (χ0v) is 10.8. The van der Waals surface area contributed by atoms with E-state index in [2.05, 4.69) is 0 Å². The van der Waals surface area contributed by atoms with E-state index in [1.165, 1.54) is 4.90 Å². The lowest BCUT2D eigenvalue weighted by Crippen LogP contribution is -2.42. The van der Waals surface area contributed by atoms with E-state index in [4.69, 9.17) is 9.84 Å². The Labute approximate surface area is 111 Å². The van der Waals surface area contributed by atoms with Crippen LogP contribution in [0.15, 0.2) is 30.3 Å². The van der Waals surface area contributed by atoms with E-state index in [1.807, 2.05) is 37.3 Å². The van der Waals surface area contributed by atoms with Crippen molar-refractivity contribution in [2.75, 3.05) is 6.54 Å². The van der Waals surface area contributed by atoms with Crippen molar-refractivity contribution in [2.45, 2.75) is 26.0 Å². The molecule has 2 atom stereocenters. The number of rotatable bonds is 3. The number of hydrogen-bond donors (Lipinski definition) is 1. The molecule has 1 fully saturated rings. The zero-order chi connectivity index (χ0) is 13.8. The summed E-state index contributed by atoms with van der Waals surface area (Å²) in [5.41, 5.74) is 0.884. The summed E-state index contributed by atoms with van der Waals surface area (Å²) in [5, 5.41) is 9.14. The summed E-state index contributed by atoms with van der Waals surface area (Å²) >= 11 is 0. The minimum Gasteiger partial charge on any atom is -0.480 e. The Balaban J connectivity index is 1.95. The van der Waals surface area contributed by atoms with Crippen molar-refractivity contribution < 1.29 is 19.4 Å². The maximum absolute atomic E-state index is 11.9. The second kappa shape index (κ2) is 5.73. The number of carbonyl (C=O) groups excluding carboxylic acids is 1. The van der Waals surface area contributed by atoms with Crippen molar-refractivity contribution in [3.63, 3.8) is 0 Å². The Morgan fingerprint density at radius 1 is 1.37 bits per heavy atom. The average Bonchev–Trinajstić information content (AvgIpc) is 2.79. The number of carbonyl (C=O) groups is 2. The van der Waals surface area contributed by atoms with Gasteiger partial charge in [0, 0.05) is 6.54 Å². The number of hydrogen-bond acceptors (Lipinski definition) is 3. The minimum atomic E-state index is -0.971. The molecule has 19 heavy (non-hydrogen) atoms. The Kier molecular flexibility index (Phi) is 4.04. The highest BCUT2D eigenvalue weighted by molar-refractivity contribution is 5.81. The minimum absolute atomic E-state index is 0.0400. The fraction of sp³-hybridized carbons (Fsp3) is 0.429. The predicted octanol–water partition coefficient (Wildman–Crippen LogP) is 2.12. The standard InChI is InChI=1S/C14H17NO4/c1-10-7-8-15(12(10)13(16)17)14(18)19-9-11-5-3-2-4-6-11/h2-6,10,12H,7-9H2,1H3,(H,16,17)/t10-,12+/m1/s1. The number of nitrogens with zero attached hydrogens (tertiary/aromatic N) is 1. The van der Waals surface area contributed by atoms with Crippen LogP contribution in [0.2, 0.25) is 0 Å². The molecule has 1 heterocycles. The topological polar surface area (TPSA) is 66.8 Å². The van der Waals surface area contributed by atoms with Gasteiger partial charge in [-0.3, -0.25) is 4.90 Å². The van der Waals surface area contributed by atoms with Crippen LogP contribution in [0.1, 0.15) is 18.9 Å². The normalized spacial score (nSPS) is 22.3. The lowest BCUT2D eigenvalue weighted by atomic mass is 10.0. The van der Waals surface area contributed by atoms with Crippen LogP contribution in [-0.2, 0) is 16.1 Å². The predicted molar refractivity (Wildman–Crippen MR) is 68.5 cm³/mol. The first-order chi connectivity index (χ1) is 9.09. The molecular weight excluding hydrogens is 246 g/mol. The van der Waals surface area contributed by atoms with Gasteiger partial charge in [-0.2, -0.15) is 0 Å². The molecule has 1 N–H and O–H groups in total. The number of likely N-dealkylation sites (tertiary alicyclic amines) is 1. The van der Waals surface area contributed by atoms with Crippen LogP contribution in [0.25, 0.3) is 0 Å². The summed E-state index contributed by atoms with van der Waals surface area (Å²) < 4.78 is 5.16. The van der Waals surface area contributed by atoms with Gasteiger partial charge in [-0.05, 0) is 17.9 Å². The first-order valence-corrected chi connectivity index (χ1v) is 6.29. The van der Waals surface area contributed by atoms with Gasteiger partial charge in [-0.1, -0.05) is 37.3 Å². The molecule has 0 saturated carbocycles. The molecule has 2 rings (SSSR count). The maximum atomic E-state index is 11.9. The molecular formula is C14H17NO4. The van der Waals surface area contributed by atoms with E-state index in [1.54, 1.807) is 0 Å². The summed E-state index contributed by atoms with van der Waals surface area (Å²) in [6, 6.07) is 8.54. The molecule has 0 aromatic heterocycles. The van der Waals surface area contributed by atoms with Crippen LogP contribution >= 0.6 is 0 Å². The van der Waals surface area contributed by atoms with Crippen LogP contribution in [0, 0.1) is 5.92 Å². The quantitative estimate of drug-likeness (QED) is 0.907. The first-order valence-electron chi connectivity index (χ1n) is 6.29. The molecule has 0 unspecified atom stereocenters. The number of carboxylic acids is 1. The van der Waals surface area contributed by atoms with E-state index < -0.39 is 18.1 Å². The third-order valence-corrected chi connectivity index (χ3v) is 3.39. The maximum Gasteiger partial charge on any atom is 0.410 e. The zero-order valence-electron chi connectivity index (χ0n) is 10.8. The van der Waals surface area contributed by atoms with Crippen molar-refractivity contribution in [3.8, 4) is 0 Å². The third-order valence-electron chi connectivity index (χ3n) is 3.39. The molecule has 1 aromatic rings. The molecule has 5 nitrogen and oxygen atoms in total. The van der Waals surface area contributed by atoms with E-state index >= 15 is 0 Å². The van der Waals surface area contributed by atoms with Gasteiger partial charge in [0.25, 0.3) is 0 Å². The van der Waals surface area contributed by atoms with Gasteiger partial charge in [-0.15, -0.1) is 0 Å². The second-order valence-corrected chi connectivity index (χ2v) is 4.78. The van der Waals surface area contributed by atoms with Crippen molar-refractivity contribution >= 4 is 12.1 Å². The smallest absolute Gasteiger partial charge is 0.410 e. The van der Waals surface area contributed by atoms with Gasteiger partial charge in [0.1, 0.15) is 12.6 Å². The molecule has 0 aliphatic carbocycles. The van der Waals surface area contributed by atoms with Gasteiger partial charge >= 0.3 is 12.1 Å². The van der Waals surface area contributed by atoms with E-state index in [-0.39, 0.29) is 12.5 Å². The molecule has 0 bridgehead atoms.